The Morgan fingerprint density at radius 1 is 0.930 bits per heavy atom. The number of unbranched alkanes of at least 4 members (excludes halogenated alkanes) is 1. The van der Waals surface area contributed by atoms with E-state index in [1.54, 1.807) is 30.3 Å². The molecule has 2 bridgehead atoms. The van der Waals surface area contributed by atoms with Gasteiger partial charge in [0.15, 0.2) is 0 Å². The Kier molecular flexibility index (Phi) is 13.1. The quantitative estimate of drug-likeness (QED) is 0.0541. The minimum Gasteiger partial charge on any atom is -0.506 e. The smallest absolute Gasteiger partial charge is 0.408 e. The summed E-state index contributed by atoms with van der Waals surface area (Å²) in [4.78, 5) is 42.7. The van der Waals surface area contributed by atoms with Gasteiger partial charge >= 0.3 is 12.1 Å². The first kappa shape index (κ1) is 39.8. The topological polar surface area (TPSA) is 162 Å². The van der Waals surface area contributed by atoms with E-state index in [1.807, 2.05) is 54.6 Å². The van der Waals surface area contributed by atoms with E-state index >= 15 is 0 Å². The van der Waals surface area contributed by atoms with Gasteiger partial charge in [-0.1, -0.05) is 66.2 Å². The van der Waals surface area contributed by atoms with Crippen LogP contribution in [0, 0.1) is 5.92 Å². The van der Waals surface area contributed by atoms with Crippen molar-refractivity contribution >= 4 is 34.6 Å². The molecule has 13 heteroatoms. The summed E-state index contributed by atoms with van der Waals surface area (Å²) < 4.78 is 17.6. The van der Waals surface area contributed by atoms with Gasteiger partial charge < -0.3 is 40.0 Å². The molecular weight excluding hydrogens is 748 g/mol. The van der Waals surface area contributed by atoms with Crippen molar-refractivity contribution in [2.45, 2.75) is 50.5 Å². The summed E-state index contributed by atoms with van der Waals surface area (Å²) in [5.74, 6) is 0.433. The number of halogens is 1. The Morgan fingerprint density at radius 3 is 2.51 bits per heavy atom. The molecule has 4 aromatic carbocycles. The number of aliphatic hydroxyl groups excluding tert-OH is 1. The van der Waals surface area contributed by atoms with Crippen LogP contribution in [-0.2, 0) is 16.1 Å². The minimum atomic E-state index is -0.858. The second-order valence-corrected chi connectivity index (χ2v) is 15.0. The third-order valence-electron chi connectivity index (χ3n) is 10.7. The molecule has 4 heterocycles. The number of piperidine rings is 3. The maximum atomic E-state index is 13.2. The highest BCUT2D eigenvalue weighted by Gasteiger charge is 2.37. The van der Waals surface area contributed by atoms with E-state index in [0.717, 1.165) is 49.2 Å². The molecule has 5 N–H and O–H groups in total. The maximum absolute atomic E-state index is 13.2. The fourth-order valence-corrected chi connectivity index (χ4v) is 7.88. The number of H-pyrrole nitrogens is 1. The van der Waals surface area contributed by atoms with E-state index in [4.69, 9.17) is 25.8 Å². The number of fused-ring (bicyclic) bond motifs is 4. The van der Waals surface area contributed by atoms with Gasteiger partial charge in [0.05, 0.1) is 34.9 Å². The molecule has 0 saturated carbocycles. The standard InChI is InChI=1S/C44H47ClN4O8/c45-36-23-28(11-12-35(36)43(53)55-22-5-4-19-46-25-38(51)33-13-15-37(50)42-34(33)14-16-40(52)47-42)27-56-32-10-6-9-31(24-32)41(30-7-2-1-3-8-30)48-44(54)57-39-26-49-20-17-29(39)18-21-49/h1-3,6-16,23-24,29,38-39,41,46,50-51H,4-5,17-22,25-27H2,(H,47,52)(H,48,54)/t38-,39+,41?/m1/s1. The van der Waals surface area contributed by atoms with Crippen molar-refractivity contribution in [1.29, 1.82) is 0 Å². The number of aromatic nitrogens is 1. The number of aliphatic hydroxyl groups is 1. The van der Waals surface area contributed by atoms with Crippen LogP contribution >= 0.6 is 11.6 Å². The van der Waals surface area contributed by atoms with Crippen molar-refractivity contribution in [3.8, 4) is 11.5 Å². The first-order valence-electron chi connectivity index (χ1n) is 19.4. The zero-order chi connectivity index (χ0) is 39.7. The number of nitrogens with one attached hydrogen (secondary N) is 3. The van der Waals surface area contributed by atoms with Crippen LogP contribution < -0.4 is 20.9 Å². The first-order chi connectivity index (χ1) is 27.7. The molecule has 1 amide bonds. The molecule has 1 unspecified atom stereocenters. The summed E-state index contributed by atoms with van der Waals surface area (Å²) in [6.07, 6.45) is 2.01. The normalized spacial score (nSPS) is 18.5. The molecule has 3 saturated heterocycles. The number of carbonyl (C=O) groups excluding carboxylic acids is 2. The number of alkyl carbamates (subject to hydrolysis) is 1. The summed E-state index contributed by atoms with van der Waals surface area (Å²) in [5, 5.41) is 27.9. The average molecular weight is 795 g/mol. The van der Waals surface area contributed by atoms with Crippen molar-refractivity contribution in [2.75, 3.05) is 39.3 Å². The number of esters is 1. The number of nitrogens with zero attached hydrogens (tertiary/aromatic N) is 1. The first-order valence-corrected chi connectivity index (χ1v) is 19.8. The molecule has 0 radical (unpaired) electrons. The van der Waals surface area contributed by atoms with Crippen molar-refractivity contribution < 1.29 is 34.0 Å². The monoisotopic (exact) mass is 794 g/mol. The number of aromatic hydroxyl groups is 1. The van der Waals surface area contributed by atoms with Crippen LogP contribution in [0.2, 0.25) is 5.02 Å². The Bertz CT molecular complexity index is 2230. The van der Waals surface area contributed by atoms with Crippen LogP contribution in [0.3, 0.4) is 0 Å². The molecule has 5 aromatic rings. The third-order valence-corrected chi connectivity index (χ3v) is 11.0. The molecular formula is C44H47ClN4O8. The van der Waals surface area contributed by atoms with Gasteiger partial charge in [0, 0.05) is 24.5 Å². The number of hydrogen-bond donors (Lipinski definition) is 5. The van der Waals surface area contributed by atoms with Crippen LogP contribution in [0.5, 0.6) is 11.5 Å². The van der Waals surface area contributed by atoms with Crippen molar-refractivity contribution in [1.82, 2.24) is 20.5 Å². The SMILES string of the molecule is O=C(NC(c1ccccc1)c1cccc(OCc2ccc(C(=O)OCCCCNC[C@@H](O)c3ccc(O)c4[nH]c(=O)ccc34)c(Cl)c2)c1)O[C@H]1CN2CCC1CC2. The number of amides is 1. The predicted molar refractivity (Wildman–Crippen MR) is 217 cm³/mol. The number of hydrogen-bond acceptors (Lipinski definition) is 10. The number of carbonyl (C=O) groups is 2. The average Bonchev–Trinajstić information content (AvgIpc) is 3.22. The second kappa shape index (κ2) is 18.7. The number of phenols is 1. The molecule has 3 fully saturated rings. The summed E-state index contributed by atoms with van der Waals surface area (Å²) in [6, 6.07) is 28.0. The summed E-state index contributed by atoms with van der Waals surface area (Å²) >= 11 is 6.52. The van der Waals surface area contributed by atoms with Crippen molar-refractivity contribution in [3.05, 3.63) is 140 Å². The van der Waals surface area contributed by atoms with Gasteiger partial charge in [-0.2, -0.15) is 0 Å². The van der Waals surface area contributed by atoms with Gasteiger partial charge in [0.25, 0.3) is 0 Å². The Morgan fingerprint density at radius 2 is 1.74 bits per heavy atom. The van der Waals surface area contributed by atoms with Gasteiger partial charge in [0.1, 0.15) is 24.2 Å². The molecule has 3 aliphatic rings. The number of benzene rings is 4. The molecule has 8 rings (SSSR count). The molecule has 0 spiro atoms. The molecule has 3 aliphatic heterocycles. The maximum Gasteiger partial charge on any atom is 0.408 e. The Balaban J connectivity index is 0.862. The lowest BCUT2D eigenvalue weighted by molar-refractivity contribution is -0.0336. The van der Waals surface area contributed by atoms with Crippen molar-refractivity contribution in [3.63, 3.8) is 0 Å². The van der Waals surface area contributed by atoms with Gasteiger partial charge in [0.2, 0.25) is 5.56 Å². The summed E-state index contributed by atoms with van der Waals surface area (Å²) in [5.41, 5.74) is 3.32. The molecule has 3 atom stereocenters. The molecule has 298 valence electrons. The lowest BCUT2D eigenvalue weighted by Crippen LogP contribution is -2.52. The third kappa shape index (κ3) is 10.1. The largest absolute Gasteiger partial charge is 0.506 e. The van der Waals surface area contributed by atoms with E-state index in [-0.39, 0.29) is 53.3 Å². The predicted octanol–water partition coefficient (Wildman–Crippen LogP) is 6.64. The summed E-state index contributed by atoms with van der Waals surface area (Å²) in [7, 11) is 0. The minimum absolute atomic E-state index is 0.0623. The zero-order valence-electron chi connectivity index (χ0n) is 31.5. The van der Waals surface area contributed by atoms with Crippen LogP contribution in [0.1, 0.15) is 70.4 Å². The lowest BCUT2D eigenvalue weighted by Gasteiger charge is -2.43. The van der Waals surface area contributed by atoms with E-state index in [1.165, 1.54) is 12.1 Å². The van der Waals surface area contributed by atoms with Crippen LogP contribution in [0.25, 0.3) is 10.9 Å². The van der Waals surface area contributed by atoms with Crippen LogP contribution in [-0.4, -0.2) is 77.6 Å². The van der Waals surface area contributed by atoms with Gasteiger partial charge in [-0.25, -0.2) is 9.59 Å². The number of phenolic OH excluding ortho intramolecular Hbond substituents is 1. The molecule has 1 aromatic heterocycles. The number of rotatable bonds is 16. The highest BCUT2D eigenvalue weighted by molar-refractivity contribution is 6.33. The fourth-order valence-electron chi connectivity index (χ4n) is 7.60. The molecule has 0 aliphatic carbocycles. The lowest BCUT2D eigenvalue weighted by atomic mass is 9.86. The van der Waals surface area contributed by atoms with Crippen LogP contribution in [0.4, 0.5) is 4.79 Å². The fraction of sp³-hybridized carbons (Fsp3) is 0.341. The highest BCUT2D eigenvalue weighted by Crippen LogP contribution is 2.32. The molecule has 57 heavy (non-hydrogen) atoms. The number of ether oxygens (including phenoxy) is 3. The van der Waals surface area contributed by atoms with E-state index in [9.17, 15) is 24.6 Å². The number of pyridine rings is 1. The Labute approximate surface area is 335 Å². The van der Waals surface area contributed by atoms with E-state index in [2.05, 4.69) is 20.5 Å². The summed E-state index contributed by atoms with van der Waals surface area (Å²) in [6.45, 7) is 4.17. The van der Waals surface area contributed by atoms with E-state index < -0.39 is 24.2 Å². The van der Waals surface area contributed by atoms with Gasteiger partial charge in [-0.3, -0.25) is 9.69 Å². The van der Waals surface area contributed by atoms with Crippen LogP contribution in [0.15, 0.2) is 102 Å². The zero-order valence-corrected chi connectivity index (χ0v) is 32.3. The Hall–Kier alpha value is -5.40. The van der Waals surface area contributed by atoms with Gasteiger partial charge in [-0.15, -0.1) is 0 Å². The van der Waals surface area contributed by atoms with Gasteiger partial charge in [-0.05, 0) is 110 Å². The molecule has 12 nitrogen and oxygen atoms in total. The van der Waals surface area contributed by atoms with Crippen molar-refractivity contribution in [2.24, 2.45) is 5.92 Å². The highest BCUT2D eigenvalue weighted by atomic mass is 35.5. The second-order valence-electron chi connectivity index (χ2n) is 14.6. The number of aromatic amines is 1. The van der Waals surface area contributed by atoms with E-state index in [0.29, 0.717) is 42.0 Å².